The van der Waals surface area contributed by atoms with Gasteiger partial charge in [0.25, 0.3) is 0 Å². The Morgan fingerprint density at radius 3 is 2.85 bits per heavy atom. The molecule has 0 aromatic heterocycles. The maximum absolute atomic E-state index is 11.0. The molecule has 0 saturated heterocycles. The van der Waals surface area contributed by atoms with E-state index in [0.29, 0.717) is 6.54 Å². The molecule has 3 nitrogen and oxygen atoms in total. The normalized spacial score (nSPS) is 14.5. The summed E-state index contributed by atoms with van der Waals surface area (Å²) in [5, 5.41) is 5.94. The molecule has 1 aliphatic rings. The van der Waals surface area contributed by atoms with Crippen molar-refractivity contribution in [2.75, 3.05) is 17.2 Å². The number of rotatable bonds is 0. The molecule has 1 heterocycles. The highest BCUT2D eigenvalue weighted by atomic mass is 16.2. The van der Waals surface area contributed by atoms with Crippen LogP contribution in [0.4, 0.5) is 11.4 Å². The summed E-state index contributed by atoms with van der Waals surface area (Å²) in [6, 6.07) is 3.95. The minimum Gasteiger partial charge on any atom is -0.374 e. The van der Waals surface area contributed by atoms with Crippen molar-refractivity contribution in [2.45, 2.75) is 13.8 Å². The SMILES string of the molecule is Cc1ccc2c(c1C)NCC(=O)N2. The Labute approximate surface area is 77.1 Å². The van der Waals surface area contributed by atoms with E-state index < -0.39 is 0 Å². The third-order valence-corrected chi connectivity index (χ3v) is 2.44. The number of hydrogen-bond acceptors (Lipinski definition) is 2. The number of hydrogen-bond donors (Lipinski definition) is 2. The molecule has 1 amide bonds. The van der Waals surface area contributed by atoms with Gasteiger partial charge in [0, 0.05) is 0 Å². The first-order chi connectivity index (χ1) is 6.18. The van der Waals surface area contributed by atoms with E-state index in [2.05, 4.69) is 24.5 Å². The van der Waals surface area contributed by atoms with Crippen molar-refractivity contribution in [2.24, 2.45) is 0 Å². The average Bonchev–Trinajstić information content (AvgIpc) is 2.12. The fraction of sp³-hybridized carbons (Fsp3) is 0.300. The molecule has 13 heavy (non-hydrogen) atoms. The molecule has 0 fully saturated rings. The summed E-state index contributed by atoms with van der Waals surface area (Å²) in [5.41, 5.74) is 4.39. The lowest BCUT2D eigenvalue weighted by atomic mass is 10.1. The van der Waals surface area contributed by atoms with Gasteiger partial charge in [-0.2, -0.15) is 0 Å². The van der Waals surface area contributed by atoms with Crippen LogP contribution in [0.25, 0.3) is 0 Å². The molecule has 1 aromatic carbocycles. The zero-order valence-electron chi connectivity index (χ0n) is 7.77. The van der Waals surface area contributed by atoms with Crippen LogP contribution in [-0.2, 0) is 4.79 Å². The number of amides is 1. The molecule has 2 rings (SSSR count). The van der Waals surface area contributed by atoms with E-state index in [1.807, 2.05) is 12.1 Å². The summed E-state index contributed by atoms with van der Waals surface area (Å²) in [4.78, 5) is 11.0. The molecule has 1 aliphatic heterocycles. The molecule has 2 N–H and O–H groups in total. The minimum absolute atomic E-state index is 0.0238. The van der Waals surface area contributed by atoms with E-state index in [4.69, 9.17) is 0 Å². The molecule has 0 unspecified atom stereocenters. The van der Waals surface area contributed by atoms with Crippen LogP contribution in [0.3, 0.4) is 0 Å². The summed E-state index contributed by atoms with van der Waals surface area (Å²) >= 11 is 0. The zero-order valence-corrected chi connectivity index (χ0v) is 7.77. The second-order valence-electron chi connectivity index (χ2n) is 3.33. The van der Waals surface area contributed by atoms with Gasteiger partial charge in [-0.05, 0) is 31.0 Å². The second kappa shape index (κ2) is 2.76. The van der Waals surface area contributed by atoms with Gasteiger partial charge in [0.1, 0.15) is 0 Å². The summed E-state index contributed by atoms with van der Waals surface area (Å²) in [6.07, 6.45) is 0. The zero-order chi connectivity index (χ0) is 9.42. The van der Waals surface area contributed by atoms with Crippen molar-refractivity contribution in [3.63, 3.8) is 0 Å². The smallest absolute Gasteiger partial charge is 0.243 e. The van der Waals surface area contributed by atoms with E-state index in [0.717, 1.165) is 11.4 Å². The van der Waals surface area contributed by atoms with Crippen LogP contribution in [0.1, 0.15) is 11.1 Å². The van der Waals surface area contributed by atoms with Crippen LogP contribution in [0.5, 0.6) is 0 Å². The van der Waals surface area contributed by atoms with Crippen LogP contribution in [0.15, 0.2) is 12.1 Å². The summed E-state index contributed by atoms with van der Waals surface area (Å²) in [6.45, 7) is 4.49. The van der Waals surface area contributed by atoms with E-state index in [1.165, 1.54) is 11.1 Å². The van der Waals surface area contributed by atoms with Gasteiger partial charge < -0.3 is 10.6 Å². The van der Waals surface area contributed by atoms with E-state index in [1.54, 1.807) is 0 Å². The van der Waals surface area contributed by atoms with Crippen molar-refractivity contribution < 1.29 is 4.79 Å². The van der Waals surface area contributed by atoms with E-state index in [-0.39, 0.29) is 5.91 Å². The number of aryl methyl sites for hydroxylation is 1. The standard InChI is InChI=1S/C10H12N2O/c1-6-3-4-8-10(7(6)2)11-5-9(13)12-8/h3-4,11H,5H2,1-2H3,(H,12,13). The Bertz CT molecular complexity index is 371. The first-order valence-electron chi connectivity index (χ1n) is 4.32. The number of carbonyl (C=O) groups is 1. The van der Waals surface area contributed by atoms with Gasteiger partial charge in [-0.25, -0.2) is 0 Å². The molecule has 0 aliphatic carbocycles. The summed E-state index contributed by atoms with van der Waals surface area (Å²) in [5.74, 6) is 0.0238. The van der Waals surface area contributed by atoms with E-state index in [9.17, 15) is 4.79 Å². The molecule has 68 valence electrons. The maximum Gasteiger partial charge on any atom is 0.243 e. The third kappa shape index (κ3) is 1.26. The van der Waals surface area contributed by atoms with Crippen LogP contribution >= 0.6 is 0 Å². The van der Waals surface area contributed by atoms with Gasteiger partial charge in [-0.1, -0.05) is 6.07 Å². The van der Waals surface area contributed by atoms with Crippen molar-refractivity contribution >= 4 is 17.3 Å². The maximum atomic E-state index is 11.0. The monoisotopic (exact) mass is 176 g/mol. The van der Waals surface area contributed by atoms with Crippen molar-refractivity contribution in [1.29, 1.82) is 0 Å². The molecule has 3 heteroatoms. The van der Waals surface area contributed by atoms with Gasteiger partial charge in [0.2, 0.25) is 5.91 Å². The molecule has 0 spiro atoms. The highest BCUT2D eigenvalue weighted by Gasteiger charge is 2.15. The molecule has 0 radical (unpaired) electrons. The third-order valence-electron chi connectivity index (χ3n) is 2.44. The molecular weight excluding hydrogens is 164 g/mol. The van der Waals surface area contributed by atoms with Crippen LogP contribution < -0.4 is 10.6 Å². The molecule has 0 atom stereocenters. The fourth-order valence-corrected chi connectivity index (χ4v) is 1.51. The fourth-order valence-electron chi connectivity index (χ4n) is 1.51. The van der Waals surface area contributed by atoms with E-state index >= 15 is 0 Å². The lowest BCUT2D eigenvalue weighted by Gasteiger charge is -2.21. The molecule has 1 aromatic rings. The van der Waals surface area contributed by atoms with Gasteiger partial charge in [-0.3, -0.25) is 4.79 Å². The molecule has 0 bridgehead atoms. The Morgan fingerprint density at radius 1 is 1.31 bits per heavy atom. The Balaban J connectivity index is 2.53. The predicted molar refractivity (Wildman–Crippen MR) is 53.0 cm³/mol. The Morgan fingerprint density at radius 2 is 2.08 bits per heavy atom. The van der Waals surface area contributed by atoms with Crippen molar-refractivity contribution in [3.05, 3.63) is 23.3 Å². The predicted octanol–water partition coefficient (Wildman–Crippen LogP) is 1.67. The van der Waals surface area contributed by atoms with Gasteiger partial charge >= 0.3 is 0 Å². The number of nitrogens with one attached hydrogen (secondary N) is 2. The first-order valence-corrected chi connectivity index (χ1v) is 4.32. The van der Waals surface area contributed by atoms with Crippen LogP contribution in [0, 0.1) is 13.8 Å². The average molecular weight is 176 g/mol. The summed E-state index contributed by atoms with van der Waals surface area (Å²) in [7, 11) is 0. The van der Waals surface area contributed by atoms with Gasteiger partial charge in [0.05, 0.1) is 17.9 Å². The first kappa shape index (κ1) is 8.10. The second-order valence-corrected chi connectivity index (χ2v) is 3.33. The number of fused-ring (bicyclic) bond motifs is 1. The van der Waals surface area contributed by atoms with Crippen molar-refractivity contribution in [3.8, 4) is 0 Å². The van der Waals surface area contributed by atoms with Crippen molar-refractivity contribution in [1.82, 2.24) is 0 Å². The number of carbonyl (C=O) groups excluding carboxylic acids is 1. The number of anilines is 2. The Kier molecular flexibility index (Phi) is 1.72. The quantitative estimate of drug-likeness (QED) is 0.631. The largest absolute Gasteiger partial charge is 0.374 e. The lowest BCUT2D eigenvalue weighted by Crippen LogP contribution is -2.27. The molecular formula is C10H12N2O. The topological polar surface area (TPSA) is 41.1 Å². The van der Waals surface area contributed by atoms with Crippen LogP contribution in [0.2, 0.25) is 0 Å². The van der Waals surface area contributed by atoms with Gasteiger partial charge in [-0.15, -0.1) is 0 Å². The molecule has 0 saturated carbocycles. The summed E-state index contributed by atoms with van der Waals surface area (Å²) < 4.78 is 0. The van der Waals surface area contributed by atoms with Gasteiger partial charge in [0.15, 0.2) is 0 Å². The highest BCUT2D eigenvalue weighted by molar-refractivity contribution is 6.01. The Hall–Kier alpha value is -1.51. The highest BCUT2D eigenvalue weighted by Crippen LogP contribution is 2.30. The number of benzene rings is 1. The lowest BCUT2D eigenvalue weighted by molar-refractivity contribution is -0.114. The minimum atomic E-state index is 0.0238. The van der Waals surface area contributed by atoms with Crippen LogP contribution in [-0.4, -0.2) is 12.5 Å².